The van der Waals surface area contributed by atoms with Crippen LogP contribution in [0.2, 0.25) is 0 Å². The van der Waals surface area contributed by atoms with E-state index in [9.17, 15) is 4.57 Å². The Morgan fingerprint density at radius 3 is 1.80 bits per heavy atom. The number of methoxy groups -OCH3 is 2. The third-order valence-electron chi connectivity index (χ3n) is 2.37. The zero-order valence-electron chi connectivity index (χ0n) is 12.3. The van der Waals surface area contributed by atoms with Crippen molar-refractivity contribution in [1.82, 2.24) is 0 Å². The van der Waals surface area contributed by atoms with Gasteiger partial charge in [-0.15, -0.1) is 0 Å². The molecule has 0 unspecified atom stereocenters. The van der Waals surface area contributed by atoms with E-state index in [2.05, 4.69) is 0 Å². The van der Waals surface area contributed by atoms with E-state index in [1.165, 1.54) is 0 Å². The van der Waals surface area contributed by atoms with Gasteiger partial charge in [-0.05, 0) is 31.5 Å². The molecule has 0 saturated carbocycles. The van der Waals surface area contributed by atoms with Gasteiger partial charge in [0.1, 0.15) is 11.5 Å². The van der Waals surface area contributed by atoms with E-state index in [-0.39, 0.29) is 19.8 Å². The average molecular weight is 304 g/mol. The number of rotatable bonds is 9. The Bertz CT molecular complexity index is 430. The maximum atomic E-state index is 12.2. The first kappa shape index (κ1) is 17.0. The highest BCUT2D eigenvalue weighted by Gasteiger charge is 2.25. The van der Waals surface area contributed by atoms with Crippen molar-refractivity contribution in [1.29, 1.82) is 0 Å². The van der Waals surface area contributed by atoms with Crippen LogP contribution in [0.4, 0.5) is 0 Å². The summed E-state index contributed by atoms with van der Waals surface area (Å²) < 4.78 is 37.9. The molecule has 0 amide bonds. The minimum atomic E-state index is -3.51. The van der Waals surface area contributed by atoms with E-state index >= 15 is 0 Å². The fourth-order valence-electron chi connectivity index (χ4n) is 1.53. The Morgan fingerprint density at radius 2 is 1.40 bits per heavy atom. The molecule has 0 atom stereocenters. The summed E-state index contributed by atoms with van der Waals surface area (Å²) in [6.07, 6.45) is 0. The quantitative estimate of drug-likeness (QED) is 0.652. The Kier molecular flexibility index (Phi) is 7.02. The van der Waals surface area contributed by atoms with E-state index in [1.807, 2.05) is 0 Å². The van der Waals surface area contributed by atoms with Crippen molar-refractivity contribution in [2.45, 2.75) is 20.5 Å². The lowest BCUT2D eigenvalue weighted by molar-refractivity contribution is 0.116. The van der Waals surface area contributed by atoms with Crippen LogP contribution in [0.3, 0.4) is 0 Å². The molecule has 7 heteroatoms. The Morgan fingerprint density at radius 1 is 0.900 bits per heavy atom. The molecule has 0 radical (unpaired) electrons. The number of phosphoric ester groups is 1. The van der Waals surface area contributed by atoms with Gasteiger partial charge in [-0.3, -0.25) is 13.6 Å². The molecule has 0 aromatic heterocycles. The number of hydrogen-bond donors (Lipinski definition) is 0. The third kappa shape index (κ3) is 5.13. The van der Waals surface area contributed by atoms with Crippen molar-refractivity contribution >= 4 is 7.82 Å². The average Bonchev–Trinajstić information content (AvgIpc) is 2.45. The van der Waals surface area contributed by atoms with Crippen molar-refractivity contribution < 1.29 is 27.6 Å². The molecule has 0 bridgehead atoms. The second-order valence-electron chi connectivity index (χ2n) is 3.78. The summed E-state index contributed by atoms with van der Waals surface area (Å²) in [7, 11) is -0.393. The predicted octanol–water partition coefficient (Wildman–Crippen LogP) is 3.40. The standard InChI is InChI=1S/C13H21O6P/c1-5-17-20(14,18-6-2)19-10-11-7-12(15-3)9-13(8-11)16-4/h7-9H,5-6,10H2,1-4H3. The fraction of sp³-hybridized carbons (Fsp3) is 0.538. The van der Waals surface area contributed by atoms with E-state index < -0.39 is 7.82 Å². The van der Waals surface area contributed by atoms with Gasteiger partial charge in [0.2, 0.25) is 0 Å². The van der Waals surface area contributed by atoms with Crippen molar-refractivity contribution in [3.63, 3.8) is 0 Å². The van der Waals surface area contributed by atoms with Gasteiger partial charge < -0.3 is 9.47 Å². The predicted molar refractivity (Wildman–Crippen MR) is 75.2 cm³/mol. The summed E-state index contributed by atoms with van der Waals surface area (Å²) in [6, 6.07) is 5.28. The maximum Gasteiger partial charge on any atom is 0.475 e. The second kappa shape index (κ2) is 8.27. The zero-order chi connectivity index (χ0) is 15.0. The van der Waals surface area contributed by atoms with E-state index in [0.717, 1.165) is 5.56 Å². The molecule has 1 rings (SSSR count). The van der Waals surface area contributed by atoms with E-state index in [0.29, 0.717) is 11.5 Å². The molecule has 0 aliphatic rings. The first-order valence-electron chi connectivity index (χ1n) is 6.32. The molecule has 0 spiro atoms. The third-order valence-corrected chi connectivity index (χ3v) is 3.97. The number of hydrogen-bond acceptors (Lipinski definition) is 6. The molecule has 1 aromatic carbocycles. The maximum absolute atomic E-state index is 12.2. The van der Waals surface area contributed by atoms with Gasteiger partial charge in [0.05, 0.1) is 34.0 Å². The molecule has 20 heavy (non-hydrogen) atoms. The van der Waals surface area contributed by atoms with Gasteiger partial charge in [-0.1, -0.05) is 0 Å². The van der Waals surface area contributed by atoms with Crippen LogP contribution < -0.4 is 9.47 Å². The fourth-order valence-corrected chi connectivity index (χ4v) is 2.69. The normalized spacial score (nSPS) is 11.4. The van der Waals surface area contributed by atoms with Gasteiger partial charge in [0.15, 0.2) is 0 Å². The van der Waals surface area contributed by atoms with Crippen LogP contribution in [0.25, 0.3) is 0 Å². The molecule has 0 saturated heterocycles. The molecule has 0 aliphatic heterocycles. The summed E-state index contributed by atoms with van der Waals surface area (Å²) in [5.41, 5.74) is 0.751. The lowest BCUT2D eigenvalue weighted by Gasteiger charge is -2.16. The van der Waals surface area contributed by atoms with Gasteiger partial charge in [-0.25, -0.2) is 4.57 Å². The highest BCUT2D eigenvalue weighted by molar-refractivity contribution is 7.48. The van der Waals surface area contributed by atoms with Gasteiger partial charge in [0, 0.05) is 6.07 Å². The lowest BCUT2D eigenvalue weighted by atomic mass is 10.2. The Labute approximate surface area is 119 Å². The van der Waals surface area contributed by atoms with Crippen molar-refractivity contribution in [3.8, 4) is 11.5 Å². The first-order chi connectivity index (χ1) is 9.56. The summed E-state index contributed by atoms with van der Waals surface area (Å²) in [5.74, 6) is 1.26. The largest absolute Gasteiger partial charge is 0.497 e. The molecule has 1 aromatic rings. The van der Waals surface area contributed by atoms with E-state index in [4.69, 9.17) is 23.0 Å². The van der Waals surface area contributed by atoms with Crippen molar-refractivity contribution in [2.75, 3.05) is 27.4 Å². The molecular weight excluding hydrogens is 283 g/mol. The Hall–Kier alpha value is -1.07. The van der Waals surface area contributed by atoms with Crippen LogP contribution in [0.1, 0.15) is 19.4 Å². The summed E-state index contributed by atoms with van der Waals surface area (Å²) in [4.78, 5) is 0. The second-order valence-corrected chi connectivity index (χ2v) is 5.45. The lowest BCUT2D eigenvalue weighted by Crippen LogP contribution is -2.01. The highest BCUT2D eigenvalue weighted by atomic mass is 31.2. The van der Waals surface area contributed by atoms with Gasteiger partial charge in [-0.2, -0.15) is 0 Å². The smallest absolute Gasteiger partial charge is 0.475 e. The molecule has 114 valence electrons. The SMILES string of the molecule is CCOP(=O)(OCC)OCc1cc(OC)cc(OC)c1. The molecule has 0 fully saturated rings. The first-order valence-corrected chi connectivity index (χ1v) is 7.78. The van der Waals surface area contributed by atoms with Crippen molar-refractivity contribution in [3.05, 3.63) is 23.8 Å². The van der Waals surface area contributed by atoms with Crippen LogP contribution in [-0.4, -0.2) is 27.4 Å². The van der Waals surface area contributed by atoms with Crippen LogP contribution in [-0.2, 0) is 24.7 Å². The minimum absolute atomic E-state index is 0.0742. The highest BCUT2D eigenvalue weighted by Crippen LogP contribution is 2.50. The van der Waals surface area contributed by atoms with Crippen LogP contribution in [0, 0.1) is 0 Å². The van der Waals surface area contributed by atoms with Crippen molar-refractivity contribution in [2.24, 2.45) is 0 Å². The van der Waals surface area contributed by atoms with Crippen LogP contribution in [0.15, 0.2) is 18.2 Å². The number of ether oxygens (including phenoxy) is 2. The number of phosphoric acid groups is 1. The molecular formula is C13H21O6P. The topological polar surface area (TPSA) is 63.2 Å². The van der Waals surface area contributed by atoms with Crippen LogP contribution in [0.5, 0.6) is 11.5 Å². The monoisotopic (exact) mass is 304 g/mol. The van der Waals surface area contributed by atoms with Crippen LogP contribution >= 0.6 is 7.82 Å². The zero-order valence-corrected chi connectivity index (χ0v) is 13.1. The van der Waals surface area contributed by atoms with E-state index in [1.54, 1.807) is 46.3 Å². The summed E-state index contributed by atoms with van der Waals surface area (Å²) in [5, 5.41) is 0. The molecule has 0 aliphatic carbocycles. The molecule has 0 N–H and O–H groups in total. The number of benzene rings is 1. The summed E-state index contributed by atoms with van der Waals surface area (Å²) in [6.45, 7) is 4.02. The minimum Gasteiger partial charge on any atom is -0.497 e. The summed E-state index contributed by atoms with van der Waals surface area (Å²) >= 11 is 0. The Balaban J connectivity index is 2.79. The van der Waals surface area contributed by atoms with Gasteiger partial charge in [0.25, 0.3) is 0 Å². The molecule has 0 heterocycles. The van der Waals surface area contributed by atoms with Gasteiger partial charge >= 0.3 is 7.82 Å². The molecule has 6 nitrogen and oxygen atoms in total.